The molecule has 0 aromatic heterocycles. The molecule has 0 bridgehead atoms. The fourth-order valence-corrected chi connectivity index (χ4v) is 3.07. The van der Waals surface area contributed by atoms with Gasteiger partial charge in [0.2, 0.25) is 0 Å². The molecule has 0 spiro atoms. The van der Waals surface area contributed by atoms with E-state index in [1.165, 1.54) is 38.5 Å². The van der Waals surface area contributed by atoms with Crippen molar-refractivity contribution in [1.29, 1.82) is 0 Å². The van der Waals surface area contributed by atoms with Crippen LogP contribution in [-0.2, 0) is 19.1 Å². The lowest BCUT2D eigenvalue weighted by Gasteiger charge is -2.25. The van der Waals surface area contributed by atoms with E-state index in [0.29, 0.717) is 19.3 Å². The second-order valence-electron chi connectivity index (χ2n) is 8.89. The Balaban J connectivity index is 4.19. The van der Waals surface area contributed by atoms with Crippen LogP contribution in [0.5, 0.6) is 0 Å². The predicted molar refractivity (Wildman–Crippen MR) is 112 cm³/mol. The SMILES string of the molecule is CCCCCCCC(=O)OCC(CC(C)(C)C)OC(=O)CCCCCCC. The Morgan fingerprint density at radius 1 is 0.741 bits per heavy atom. The topological polar surface area (TPSA) is 52.6 Å². The van der Waals surface area contributed by atoms with E-state index in [1.807, 2.05) is 0 Å². The van der Waals surface area contributed by atoms with Crippen molar-refractivity contribution in [2.24, 2.45) is 5.41 Å². The van der Waals surface area contributed by atoms with Gasteiger partial charge < -0.3 is 9.47 Å². The molecule has 0 radical (unpaired) electrons. The average molecular weight is 385 g/mol. The van der Waals surface area contributed by atoms with Crippen molar-refractivity contribution in [3.8, 4) is 0 Å². The first kappa shape index (κ1) is 25.9. The third kappa shape index (κ3) is 18.1. The zero-order valence-corrected chi connectivity index (χ0v) is 18.6. The van der Waals surface area contributed by atoms with E-state index in [4.69, 9.17) is 9.47 Å². The number of carbonyl (C=O) groups is 2. The lowest BCUT2D eigenvalue weighted by molar-refractivity contribution is -0.161. The summed E-state index contributed by atoms with van der Waals surface area (Å²) in [6, 6.07) is 0. The van der Waals surface area contributed by atoms with E-state index in [-0.39, 0.29) is 30.1 Å². The monoisotopic (exact) mass is 384 g/mol. The van der Waals surface area contributed by atoms with Crippen LogP contribution in [0.1, 0.15) is 118 Å². The van der Waals surface area contributed by atoms with Crippen LogP contribution in [0.3, 0.4) is 0 Å². The average Bonchev–Trinajstić information content (AvgIpc) is 2.58. The van der Waals surface area contributed by atoms with Gasteiger partial charge >= 0.3 is 11.9 Å². The Bertz CT molecular complexity index is 384. The van der Waals surface area contributed by atoms with Crippen molar-refractivity contribution in [3.63, 3.8) is 0 Å². The van der Waals surface area contributed by atoms with Crippen LogP contribution in [0.25, 0.3) is 0 Å². The number of unbranched alkanes of at least 4 members (excludes halogenated alkanes) is 8. The van der Waals surface area contributed by atoms with Crippen molar-refractivity contribution >= 4 is 11.9 Å². The van der Waals surface area contributed by atoms with Gasteiger partial charge in [-0.25, -0.2) is 0 Å². The van der Waals surface area contributed by atoms with Crippen LogP contribution in [0.15, 0.2) is 0 Å². The Labute approximate surface area is 167 Å². The quantitative estimate of drug-likeness (QED) is 0.222. The molecular formula is C23H44O4. The molecule has 1 atom stereocenters. The fraction of sp³-hybridized carbons (Fsp3) is 0.913. The molecule has 1 unspecified atom stereocenters. The van der Waals surface area contributed by atoms with Crippen LogP contribution in [0.4, 0.5) is 0 Å². The summed E-state index contributed by atoms with van der Waals surface area (Å²) in [6.07, 6.45) is 12.3. The van der Waals surface area contributed by atoms with Gasteiger partial charge in [0.15, 0.2) is 0 Å². The standard InChI is InChI=1S/C23H44O4/c1-6-8-10-12-14-16-21(24)26-19-20(18-23(3,4)5)27-22(25)17-15-13-11-9-7-2/h20H,6-19H2,1-5H3. The minimum atomic E-state index is -0.350. The molecule has 0 rings (SSSR count). The summed E-state index contributed by atoms with van der Waals surface area (Å²) in [5, 5.41) is 0. The van der Waals surface area contributed by atoms with E-state index < -0.39 is 0 Å². The van der Waals surface area contributed by atoms with Gasteiger partial charge in [0.05, 0.1) is 0 Å². The first-order valence-corrected chi connectivity index (χ1v) is 11.1. The minimum absolute atomic E-state index is 0.0125. The van der Waals surface area contributed by atoms with Gasteiger partial charge in [-0.15, -0.1) is 0 Å². The molecule has 0 N–H and O–H groups in total. The first-order valence-electron chi connectivity index (χ1n) is 11.1. The van der Waals surface area contributed by atoms with Gasteiger partial charge in [0.1, 0.15) is 12.7 Å². The van der Waals surface area contributed by atoms with Gasteiger partial charge in [0, 0.05) is 12.8 Å². The third-order valence-corrected chi connectivity index (χ3v) is 4.54. The molecule has 160 valence electrons. The molecular weight excluding hydrogens is 340 g/mol. The van der Waals surface area contributed by atoms with E-state index in [9.17, 15) is 9.59 Å². The summed E-state index contributed by atoms with van der Waals surface area (Å²) < 4.78 is 11.0. The van der Waals surface area contributed by atoms with Gasteiger partial charge in [-0.3, -0.25) is 9.59 Å². The molecule has 0 saturated carbocycles. The van der Waals surface area contributed by atoms with E-state index in [2.05, 4.69) is 34.6 Å². The van der Waals surface area contributed by atoms with Gasteiger partial charge in [-0.2, -0.15) is 0 Å². The minimum Gasteiger partial charge on any atom is -0.462 e. The molecule has 0 aromatic carbocycles. The van der Waals surface area contributed by atoms with Crippen molar-refractivity contribution < 1.29 is 19.1 Å². The molecule has 4 nitrogen and oxygen atoms in total. The van der Waals surface area contributed by atoms with Crippen LogP contribution in [0, 0.1) is 5.41 Å². The number of hydrogen-bond donors (Lipinski definition) is 0. The Morgan fingerprint density at radius 2 is 1.22 bits per heavy atom. The second kappa shape index (κ2) is 15.9. The lowest BCUT2D eigenvalue weighted by atomic mass is 9.89. The molecule has 0 aromatic rings. The number of carbonyl (C=O) groups excluding carboxylic acids is 2. The molecule has 0 fully saturated rings. The van der Waals surface area contributed by atoms with Crippen LogP contribution >= 0.6 is 0 Å². The largest absolute Gasteiger partial charge is 0.462 e. The van der Waals surface area contributed by atoms with Gasteiger partial charge in [-0.1, -0.05) is 86.0 Å². The number of hydrogen-bond acceptors (Lipinski definition) is 4. The van der Waals surface area contributed by atoms with Crippen molar-refractivity contribution in [3.05, 3.63) is 0 Å². The predicted octanol–water partition coefficient (Wildman–Crippen LogP) is 6.60. The van der Waals surface area contributed by atoms with Gasteiger partial charge in [-0.05, 0) is 24.7 Å². The molecule has 0 aliphatic carbocycles. The van der Waals surface area contributed by atoms with Crippen LogP contribution in [-0.4, -0.2) is 24.6 Å². The van der Waals surface area contributed by atoms with Gasteiger partial charge in [0.25, 0.3) is 0 Å². The molecule has 0 saturated heterocycles. The number of rotatable bonds is 16. The highest BCUT2D eigenvalue weighted by Crippen LogP contribution is 2.23. The van der Waals surface area contributed by atoms with E-state index in [1.54, 1.807) is 0 Å². The van der Waals surface area contributed by atoms with Crippen LogP contribution in [0.2, 0.25) is 0 Å². The lowest BCUT2D eigenvalue weighted by Crippen LogP contribution is -2.29. The summed E-state index contributed by atoms with van der Waals surface area (Å²) in [5.41, 5.74) is 0.0125. The number of ether oxygens (including phenoxy) is 2. The third-order valence-electron chi connectivity index (χ3n) is 4.54. The smallest absolute Gasteiger partial charge is 0.306 e. The maximum absolute atomic E-state index is 12.1. The molecule has 0 heterocycles. The summed E-state index contributed by atoms with van der Waals surface area (Å²) in [4.78, 5) is 24.1. The molecule has 4 heteroatoms. The fourth-order valence-electron chi connectivity index (χ4n) is 3.07. The first-order chi connectivity index (χ1) is 12.8. The van der Waals surface area contributed by atoms with Crippen molar-refractivity contribution in [2.45, 2.75) is 124 Å². The number of esters is 2. The second-order valence-corrected chi connectivity index (χ2v) is 8.89. The summed E-state index contributed by atoms with van der Waals surface area (Å²) in [5.74, 6) is -0.350. The molecule has 0 amide bonds. The van der Waals surface area contributed by atoms with E-state index >= 15 is 0 Å². The normalized spacial score (nSPS) is 12.6. The Hall–Kier alpha value is -1.06. The maximum Gasteiger partial charge on any atom is 0.306 e. The summed E-state index contributed by atoms with van der Waals surface area (Å²) in [7, 11) is 0. The molecule has 0 aliphatic rings. The van der Waals surface area contributed by atoms with Crippen LogP contribution < -0.4 is 0 Å². The Kier molecular flexibility index (Phi) is 15.3. The molecule has 27 heavy (non-hydrogen) atoms. The summed E-state index contributed by atoms with van der Waals surface area (Å²) in [6.45, 7) is 10.8. The highest BCUT2D eigenvalue weighted by molar-refractivity contribution is 5.70. The van der Waals surface area contributed by atoms with Crippen molar-refractivity contribution in [1.82, 2.24) is 0 Å². The molecule has 0 aliphatic heterocycles. The zero-order chi connectivity index (χ0) is 20.5. The highest BCUT2D eigenvalue weighted by atomic mass is 16.6. The zero-order valence-electron chi connectivity index (χ0n) is 18.6. The Morgan fingerprint density at radius 3 is 1.70 bits per heavy atom. The van der Waals surface area contributed by atoms with E-state index in [0.717, 1.165) is 25.7 Å². The highest BCUT2D eigenvalue weighted by Gasteiger charge is 2.23. The summed E-state index contributed by atoms with van der Waals surface area (Å²) >= 11 is 0. The van der Waals surface area contributed by atoms with Crippen molar-refractivity contribution in [2.75, 3.05) is 6.61 Å². The maximum atomic E-state index is 12.1.